The molecule has 0 aliphatic heterocycles. The maximum atomic E-state index is 13.4. The molecule has 0 aliphatic carbocycles. The van der Waals surface area contributed by atoms with Crippen molar-refractivity contribution in [2.75, 3.05) is 14.2 Å². The Labute approximate surface area is 125 Å². The summed E-state index contributed by atoms with van der Waals surface area (Å²) in [6.45, 7) is 0.321. The van der Waals surface area contributed by atoms with Crippen molar-refractivity contribution in [3.05, 3.63) is 52.3 Å². The first-order chi connectivity index (χ1) is 9.63. The number of benzene rings is 2. The molecule has 0 radical (unpaired) electrons. The van der Waals surface area contributed by atoms with Crippen LogP contribution in [0.5, 0.6) is 17.2 Å². The average molecular weight is 341 g/mol. The second-order valence-electron chi connectivity index (χ2n) is 4.05. The first-order valence-corrected chi connectivity index (χ1v) is 6.72. The van der Waals surface area contributed by atoms with Gasteiger partial charge in [-0.05, 0) is 45.8 Å². The van der Waals surface area contributed by atoms with Gasteiger partial charge in [-0.25, -0.2) is 4.39 Å². The van der Waals surface area contributed by atoms with Gasteiger partial charge in [0.2, 0.25) is 0 Å². The lowest BCUT2D eigenvalue weighted by Crippen LogP contribution is -1.98. The standard InChI is InChI=1S/C15H14BrFO3/c1-18-14-6-3-10(7-15(14)19-2)9-20-11-4-5-12(16)13(17)8-11/h3-8H,9H2,1-2H3. The summed E-state index contributed by atoms with van der Waals surface area (Å²) in [5.41, 5.74) is 0.908. The predicted molar refractivity (Wildman–Crippen MR) is 78.0 cm³/mol. The van der Waals surface area contributed by atoms with Crippen LogP contribution < -0.4 is 14.2 Å². The molecular weight excluding hydrogens is 327 g/mol. The van der Waals surface area contributed by atoms with Crippen molar-refractivity contribution in [3.8, 4) is 17.2 Å². The third kappa shape index (κ3) is 3.42. The number of methoxy groups -OCH3 is 2. The predicted octanol–water partition coefficient (Wildman–Crippen LogP) is 4.18. The van der Waals surface area contributed by atoms with Crippen molar-refractivity contribution in [2.24, 2.45) is 0 Å². The summed E-state index contributed by atoms with van der Waals surface area (Å²) in [5, 5.41) is 0. The van der Waals surface area contributed by atoms with Crippen LogP contribution in [0.3, 0.4) is 0 Å². The van der Waals surface area contributed by atoms with E-state index in [0.29, 0.717) is 28.3 Å². The smallest absolute Gasteiger partial charge is 0.161 e. The van der Waals surface area contributed by atoms with Crippen molar-refractivity contribution in [1.29, 1.82) is 0 Å². The van der Waals surface area contributed by atoms with E-state index < -0.39 is 0 Å². The van der Waals surface area contributed by atoms with Crippen molar-refractivity contribution < 1.29 is 18.6 Å². The molecule has 0 N–H and O–H groups in total. The Morgan fingerprint density at radius 3 is 2.40 bits per heavy atom. The first kappa shape index (κ1) is 14.7. The number of hydrogen-bond donors (Lipinski definition) is 0. The molecule has 3 nitrogen and oxygen atoms in total. The van der Waals surface area contributed by atoms with Crippen LogP contribution in [0, 0.1) is 5.82 Å². The molecule has 0 spiro atoms. The zero-order valence-electron chi connectivity index (χ0n) is 11.2. The van der Waals surface area contributed by atoms with Crippen LogP contribution in [0.15, 0.2) is 40.9 Å². The molecule has 0 heterocycles. The summed E-state index contributed by atoms with van der Waals surface area (Å²) in [4.78, 5) is 0. The van der Waals surface area contributed by atoms with Gasteiger partial charge in [0.1, 0.15) is 18.2 Å². The van der Waals surface area contributed by atoms with E-state index >= 15 is 0 Å². The number of halogens is 2. The highest BCUT2D eigenvalue weighted by molar-refractivity contribution is 9.10. The fraction of sp³-hybridized carbons (Fsp3) is 0.200. The third-order valence-electron chi connectivity index (χ3n) is 2.74. The zero-order valence-corrected chi connectivity index (χ0v) is 12.7. The summed E-state index contributed by atoms with van der Waals surface area (Å²) in [7, 11) is 3.16. The van der Waals surface area contributed by atoms with E-state index in [-0.39, 0.29) is 5.82 Å². The molecule has 0 aliphatic rings. The molecule has 0 atom stereocenters. The van der Waals surface area contributed by atoms with Gasteiger partial charge >= 0.3 is 0 Å². The van der Waals surface area contributed by atoms with Gasteiger partial charge in [0.05, 0.1) is 18.7 Å². The van der Waals surface area contributed by atoms with Gasteiger partial charge < -0.3 is 14.2 Å². The van der Waals surface area contributed by atoms with E-state index in [1.54, 1.807) is 32.4 Å². The van der Waals surface area contributed by atoms with E-state index in [9.17, 15) is 4.39 Å². The Morgan fingerprint density at radius 1 is 1.00 bits per heavy atom. The molecule has 2 rings (SSSR count). The van der Waals surface area contributed by atoms with E-state index in [2.05, 4.69) is 15.9 Å². The quantitative estimate of drug-likeness (QED) is 0.816. The topological polar surface area (TPSA) is 27.7 Å². The Balaban J connectivity index is 2.08. The third-order valence-corrected chi connectivity index (χ3v) is 3.39. The van der Waals surface area contributed by atoms with Crippen molar-refractivity contribution in [2.45, 2.75) is 6.61 Å². The van der Waals surface area contributed by atoms with E-state index in [4.69, 9.17) is 14.2 Å². The molecular formula is C15H14BrFO3. The SMILES string of the molecule is COc1ccc(COc2ccc(Br)c(F)c2)cc1OC. The number of rotatable bonds is 5. The van der Waals surface area contributed by atoms with E-state index in [0.717, 1.165) is 5.56 Å². The molecule has 2 aromatic carbocycles. The summed E-state index contributed by atoms with van der Waals surface area (Å²) in [6, 6.07) is 10.2. The molecule has 0 fully saturated rings. The highest BCUT2D eigenvalue weighted by Gasteiger charge is 2.06. The van der Waals surface area contributed by atoms with Crippen molar-refractivity contribution >= 4 is 15.9 Å². The van der Waals surface area contributed by atoms with Gasteiger partial charge in [-0.1, -0.05) is 6.07 Å². The van der Waals surface area contributed by atoms with E-state index in [1.807, 2.05) is 12.1 Å². The molecule has 0 unspecified atom stereocenters. The monoisotopic (exact) mass is 340 g/mol. The molecule has 0 bridgehead atoms. The Bertz CT molecular complexity index is 602. The second kappa shape index (κ2) is 6.61. The molecule has 106 valence electrons. The highest BCUT2D eigenvalue weighted by atomic mass is 79.9. The van der Waals surface area contributed by atoms with Crippen molar-refractivity contribution in [3.63, 3.8) is 0 Å². The van der Waals surface area contributed by atoms with Crippen LogP contribution in [0.25, 0.3) is 0 Å². The van der Waals surface area contributed by atoms with Gasteiger partial charge in [0, 0.05) is 6.07 Å². The normalized spacial score (nSPS) is 10.2. The lowest BCUT2D eigenvalue weighted by atomic mass is 10.2. The average Bonchev–Trinajstić information content (AvgIpc) is 2.48. The second-order valence-corrected chi connectivity index (χ2v) is 4.91. The molecule has 20 heavy (non-hydrogen) atoms. The molecule has 5 heteroatoms. The summed E-state index contributed by atoms with van der Waals surface area (Å²) in [6.07, 6.45) is 0. The van der Waals surface area contributed by atoms with E-state index in [1.165, 1.54) is 6.07 Å². The molecule has 0 saturated carbocycles. The van der Waals surface area contributed by atoms with Crippen molar-refractivity contribution in [1.82, 2.24) is 0 Å². The fourth-order valence-electron chi connectivity index (χ4n) is 1.70. The van der Waals surface area contributed by atoms with Crippen LogP contribution in [0.4, 0.5) is 4.39 Å². The zero-order chi connectivity index (χ0) is 14.5. The Kier molecular flexibility index (Phi) is 4.84. The van der Waals surface area contributed by atoms with Crippen LogP contribution >= 0.6 is 15.9 Å². The highest BCUT2D eigenvalue weighted by Crippen LogP contribution is 2.28. The summed E-state index contributed by atoms with van der Waals surface area (Å²) in [5.74, 6) is 1.41. The summed E-state index contributed by atoms with van der Waals surface area (Å²) >= 11 is 3.10. The number of ether oxygens (including phenoxy) is 3. The fourth-order valence-corrected chi connectivity index (χ4v) is 1.95. The van der Waals surface area contributed by atoms with Gasteiger partial charge in [-0.15, -0.1) is 0 Å². The maximum absolute atomic E-state index is 13.4. The van der Waals surface area contributed by atoms with Crippen LogP contribution in [0.2, 0.25) is 0 Å². The van der Waals surface area contributed by atoms with Gasteiger partial charge in [-0.3, -0.25) is 0 Å². The minimum atomic E-state index is -0.352. The number of hydrogen-bond acceptors (Lipinski definition) is 3. The first-order valence-electron chi connectivity index (χ1n) is 5.93. The largest absolute Gasteiger partial charge is 0.493 e. The summed E-state index contributed by atoms with van der Waals surface area (Å²) < 4.78 is 29.7. The molecule has 2 aromatic rings. The Hall–Kier alpha value is -1.75. The molecule has 0 amide bonds. The van der Waals surface area contributed by atoms with Gasteiger partial charge in [0.15, 0.2) is 11.5 Å². The van der Waals surface area contributed by atoms with Crippen LogP contribution in [-0.2, 0) is 6.61 Å². The Morgan fingerprint density at radius 2 is 1.75 bits per heavy atom. The van der Waals surface area contributed by atoms with Crippen LogP contribution in [-0.4, -0.2) is 14.2 Å². The van der Waals surface area contributed by atoms with Gasteiger partial charge in [0.25, 0.3) is 0 Å². The lowest BCUT2D eigenvalue weighted by molar-refractivity contribution is 0.302. The van der Waals surface area contributed by atoms with Gasteiger partial charge in [-0.2, -0.15) is 0 Å². The molecule has 0 aromatic heterocycles. The van der Waals surface area contributed by atoms with Crippen LogP contribution in [0.1, 0.15) is 5.56 Å². The lowest BCUT2D eigenvalue weighted by Gasteiger charge is -2.11. The molecule has 0 saturated heterocycles. The minimum absolute atomic E-state index is 0.321. The maximum Gasteiger partial charge on any atom is 0.161 e. The minimum Gasteiger partial charge on any atom is -0.493 e.